The number of carbonyl (C=O) groups is 2. The molecular weight excluding hydrogens is 282 g/mol. The Labute approximate surface area is 132 Å². The van der Waals surface area contributed by atoms with Crippen LogP contribution < -0.4 is 10.6 Å². The van der Waals surface area contributed by atoms with Crippen molar-refractivity contribution >= 4 is 11.8 Å². The average molecular weight is 311 g/mol. The van der Waals surface area contributed by atoms with Crippen LogP contribution in [0.2, 0.25) is 0 Å². The van der Waals surface area contributed by atoms with E-state index >= 15 is 0 Å². The summed E-state index contributed by atoms with van der Waals surface area (Å²) in [4.78, 5) is 26.0. The molecule has 2 fully saturated rings. The minimum absolute atomic E-state index is 0.0127. The summed E-state index contributed by atoms with van der Waals surface area (Å²) in [7, 11) is 0. The summed E-state index contributed by atoms with van der Waals surface area (Å²) in [5.41, 5.74) is 0. The van der Waals surface area contributed by atoms with Crippen LogP contribution in [0, 0.1) is 11.8 Å². The van der Waals surface area contributed by atoms with E-state index in [2.05, 4.69) is 10.6 Å². The van der Waals surface area contributed by atoms with E-state index in [0.29, 0.717) is 25.5 Å². The van der Waals surface area contributed by atoms with Gasteiger partial charge in [-0.3, -0.25) is 9.59 Å². The van der Waals surface area contributed by atoms with Crippen molar-refractivity contribution in [3.05, 3.63) is 0 Å². The molecule has 2 atom stereocenters. The molecule has 2 rings (SSSR count). The van der Waals surface area contributed by atoms with Crippen LogP contribution in [0.5, 0.6) is 0 Å². The summed E-state index contributed by atoms with van der Waals surface area (Å²) >= 11 is 0. The molecule has 0 aromatic heterocycles. The molecule has 2 aliphatic rings. The van der Waals surface area contributed by atoms with Gasteiger partial charge in [-0.1, -0.05) is 13.8 Å². The zero-order valence-electron chi connectivity index (χ0n) is 13.8. The molecule has 2 amide bonds. The van der Waals surface area contributed by atoms with E-state index in [1.54, 1.807) is 0 Å². The summed E-state index contributed by atoms with van der Waals surface area (Å²) in [5.74, 6) is 0.671. The Morgan fingerprint density at radius 2 is 2.23 bits per heavy atom. The van der Waals surface area contributed by atoms with Crippen LogP contribution in [0.1, 0.15) is 33.1 Å². The third-order valence-corrected chi connectivity index (χ3v) is 4.38. The predicted molar refractivity (Wildman–Crippen MR) is 84.4 cm³/mol. The van der Waals surface area contributed by atoms with Crippen LogP contribution in [-0.4, -0.2) is 62.1 Å². The number of piperidine rings is 1. The molecule has 0 spiro atoms. The Morgan fingerprint density at radius 1 is 1.41 bits per heavy atom. The SMILES string of the molecule is CC(C)C(=O)NCC1CCCN(C(=O)CC2COCCN2)C1. The van der Waals surface area contributed by atoms with Crippen molar-refractivity contribution in [3.8, 4) is 0 Å². The summed E-state index contributed by atoms with van der Waals surface area (Å²) in [6.07, 6.45) is 2.60. The lowest BCUT2D eigenvalue weighted by Crippen LogP contribution is -2.48. The van der Waals surface area contributed by atoms with Crippen molar-refractivity contribution in [2.75, 3.05) is 39.4 Å². The highest BCUT2D eigenvalue weighted by molar-refractivity contribution is 5.78. The van der Waals surface area contributed by atoms with Gasteiger partial charge in [0.15, 0.2) is 0 Å². The van der Waals surface area contributed by atoms with Gasteiger partial charge < -0.3 is 20.3 Å². The molecule has 2 N–H and O–H groups in total. The topological polar surface area (TPSA) is 70.7 Å². The molecule has 0 aliphatic carbocycles. The summed E-state index contributed by atoms with van der Waals surface area (Å²) in [5, 5.41) is 6.31. The van der Waals surface area contributed by atoms with Crippen LogP contribution >= 0.6 is 0 Å². The maximum Gasteiger partial charge on any atom is 0.224 e. The number of rotatable bonds is 5. The van der Waals surface area contributed by atoms with Crippen molar-refractivity contribution in [1.29, 1.82) is 0 Å². The summed E-state index contributed by atoms with van der Waals surface area (Å²) in [6, 6.07) is 0.141. The molecule has 0 saturated carbocycles. The minimum atomic E-state index is 0.0127. The fourth-order valence-electron chi connectivity index (χ4n) is 3.00. The zero-order valence-corrected chi connectivity index (χ0v) is 13.8. The molecule has 0 bridgehead atoms. The Hall–Kier alpha value is -1.14. The standard InChI is InChI=1S/C16H29N3O3/c1-12(2)16(21)18-9-13-4-3-6-19(10-13)15(20)8-14-11-22-7-5-17-14/h12-14,17H,3-11H2,1-2H3,(H,18,21). The second-order valence-corrected chi connectivity index (χ2v) is 6.68. The van der Waals surface area contributed by atoms with Crippen LogP contribution in [0.15, 0.2) is 0 Å². The van der Waals surface area contributed by atoms with Crippen molar-refractivity contribution in [2.24, 2.45) is 11.8 Å². The first kappa shape index (κ1) is 17.2. The maximum absolute atomic E-state index is 12.4. The summed E-state index contributed by atoms with van der Waals surface area (Å²) in [6.45, 7) is 8.22. The number of likely N-dealkylation sites (tertiary alicyclic amines) is 1. The van der Waals surface area contributed by atoms with E-state index in [1.165, 1.54) is 0 Å². The smallest absolute Gasteiger partial charge is 0.224 e. The highest BCUT2D eigenvalue weighted by Gasteiger charge is 2.26. The van der Waals surface area contributed by atoms with Crippen molar-refractivity contribution < 1.29 is 14.3 Å². The van der Waals surface area contributed by atoms with Crippen LogP contribution in [0.25, 0.3) is 0 Å². The molecule has 0 aromatic rings. The molecule has 6 heteroatoms. The van der Waals surface area contributed by atoms with Crippen molar-refractivity contribution in [3.63, 3.8) is 0 Å². The van der Waals surface area contributed by atoms with Gasteiger partial charge in [-0.05, 0) is 18.8 Å². The van der Waals surface area contributed by atoms with Crippen molar-refractivity contribution in [2.45, 2.75) is 39.2 Å². The highest BCUT2D eigenvalue weighted by atomic mass is 16.5. The molecular formula is C16H29N3O3. The molecule has 2 saturated heterocycles. The Balaban J connectivity index is 1.74. The number of ether oxygens (including phenoxy) is 1. The van der Waals surface area contributed by atoms with Crippen LogP contribution in [0.3, 0.4) is 0 Å². The largest absolute Gasteiger partial charge is 0.378 e. The number of morpholine rings is 1. The van der Waals surface area contributed by atoms with Gasteiger partial charge in [-0.15, -0.1) is 0 Å². The number of hydrogen-bond donors (Lipinski definition) is 2. The molecule has 2 heterocycles. The van der Waals surface area contributed by atoms with Crippen molar-refractivity contribution in [1.82, 2.24) is 15.5 Å². The molecule has 0 radical (unpaired) electrons. The van der Waals surface area contributed by atoms with E-state index < -0.39 is 0 Å². The number of nitrogens with one attached hydrogen (secondary N) is 2. The van der Waals surface area contributed by atoms with Gasteiger partial charge in [0.05, 0.1) is 13.2 Å². The van der Waals surface area contributed by atoms with Gasteiger partial charge in [0.25, 0.3) is 0 Å². The fraction of sp³-hybridized carbons (Fsp3) is 0.875. The van der Waals surface area contributed by atoms with Gasteiger partial charge in [0.2, 0.25) is 11.8 Å². The third-order valence-electron chi connectivity index (χ3n) is 4.38. The van der Waals surface area contributed by atoms with E-state index in [4.69, 9.17) is 4.74 Å². The Morgan fingerprint density at radius 3 is 2.91 bits per heavy atom. The number of amides is 2. The van der Waals surface area contributed by atoms with Gasteiger partial charge in [0, 0.05) is 44.6 Å². The molecule has 0 aromatic carbocycles. The quantitative estimate of drug-likeness (QED) is 0.770. The van der Waals surface area contributed by atoms with E-state index in [1.807, 2.05) is 18.7 Å². The lowest BCUT2D eigenvalue weighted by molar-refractivity contribution is -0.134. The second-order valence-electron chi connectivity index (χ2n) is 6.68. The van der Waals surface area contributed by atoms with E-state index in [0.717, 1.165) is 39.1 Å². The van der Waals surface area contributed by atoms with E-state index in [-0.39, 0.29) is 23.8 Å². The van der Waals surface area contributed by atoms with E-state index in [9.17, 15) is 9.59 Å². The lowest BCUT2D eigenvalue weighted by atomic mass is 9.97. The van der Waals surface area contributed by atoms with Gasteiger partial charge >= 0.3 is 0 Å². The number of hydrogen-bond acceptors (Lipinski definition) is 4. The molecule has 6 nitrogen and oxygen atoms in total. The summed E-state index contributed by atoms with van der Waals surface area (Å²) < 4.78 is 5.40. The van der Waals surface area contributed by atoms with Gasteiger partial charge in [-0.2, -0.15) is 0 Å². The highest BCUT2D eigenvalue weighted by Crippen LogP contribution is 2.17. The zero-order chi connectivity index (χ0) is 15.9. The van der Waals surface area contributed by atoms with Gasteiger partial charge in [0.1, 0.15) is 0 Å². The maximum atomic E-state index is 12.4. The fourth-order valence-corrected chi connectivity index (χ4v) is 3.00. The molecule has 22 heavy (non-hydrogen) atoms. The van der Waals surface area contributed by atoms with Gasteiger partial charge in [-0.25, -0.2) is 0 Å². The Kier molecular flexibility index (Phi) is 6.64. The Bertz CT molecular complexity index is 381. The third kappa shape index (κ3) is 5.25. The second kappa shape index (κ2) is 8.48. The first-order valence-electron chi connectivity index (χ1n) is 8.43. The van der Waals surface area contributed by atoms with Crippen LogP contribution in [0.4, 0.5) is 0 Å². The first-order chi connectivity index (χ1) is 10.6. The first-order valence-corrected chi connectivity index (χ1v) is 8.43. The predicted octanol–water partition coefficient (Wildman–Crippen LogP) is 0.376. The molecule has 2 unspecified atom stereocenters. The minimum Gasteiger partial charge on any atom is -0.378 e. The molecule has 126 valence electrons. The lowest BCUT2D eigenvalue weighted by Gasteiger charge is -2.34. The molecule has 2 aliphatic heterocycles. The van der Waals surface area contributed by atoms with Crippen LogP contribution in [-0.2, 0) is 14.3 Å². The monoisotopic (exact) mass is 311 g/mol. The average Bonchev–Trinajstić information content (AvgIpc) is 2.53. The number of carbonyl (C=O) groups excluding carboxylic acids is 2. The number of nitrogens with zero attached hydrogens (tertiary/aromatic N) is 1. The normalized spacial score (nSPS) is 26.0.